The first-order valence-corrected chi connectivity index (χ1v) is 9.28. The molecule has 0 amide bonds. The number of hydrogen-bond acceptors (Lipinski definition) is 5. The minimum Gasteiger partial charge on any atom is -0.469 e. The number of hydrogen-bond donors (Lipinski definition) is 1. The molecule has 1 N–H and O–H groups in total. The van der Waals surface area contributed by atoms with Crippen molar-refractivity contribution in [1.29, 1.82) is 0 Å². The van der Waals surface area contributed by atoms with E-state index in [9.17, 15) is 13.6 Å². The van der Waals surface area contributed by atoms with E-state index in [1.807, 2.05) is 0 Å². The van der Waals surface area contributed by atoms with Gasteiger partial charge in [-0.05, 0) is 36.4 Å². The van der Waals surface area contributed by atoms with Crippen LogP contribution in [-0.4, -0.2) is 22.5 Å². The number of fused-ring (bicyclic) bond motifs is 1. The lowest BCUT2D eigenvalue weighted by Crippen LogP contribution is -2.08. The molecule has 0 aliphatic rings. The number of aromatic nitrogens is 2. The summed E-state index contributed by atoms with van der Waals surface area (Å²) in [5, 5.41) is 4.99. The number of halogens is 2. The summed E-state index contributed by atoms with van der Waals surface area (Å²) in [5.41, 5.74) is 2.00. The van der Waals surface area contributed by atoms with Crippen molar-refractivity contribution in [3.63, 3.8) is 0 Å². The normalized spacial score (nSPS) is 11.0. The van der Waals surface area contributed by atoms with Crippen molar-refractivity contribution in [2.75, 3.05) is 12.4 Å². The molecule has 0 aliphatic heterocycles. The third-order valence-electron chi connectivity index (χ3n) is 4.22. The number of imidazole rings is 1. The molecule has 0 atom stereocenters. The molecule has 0 bridgehead atoms. The number of nitrogens with one attached hydrogen (secondary N) is 1. The maximum atomic E-state index is 14.4. The van der Waals surface area contributed by atoms with Crippen LogP contribution in [0, 0.1) is 11.6 Å². The van der Waals surface area contributed by atoms with Gasteiger partial charge >= 0.3 is 5.97 Å². The number of rotatable bonds is 5. The van der Waals surface area contributed by atoms with Crippen LogP contribution in [0.5, 0.6) is 0 Å². The summed E-state index contributed by atoms with van der Waals surface area (Å²) < 4.78 is 34.2. The fraction of sp³-hybridized carbons (Fsp3) is 0.100. The van der Waals surface area contributed by atoms with Crippen LogP contribution in [0.1, 0.15) is 5.69 Å². The molecule has 0 unspecified atom stereocenters. The quantitative estimate of drug-likeness (QED) is 0.490. The lowest BCUT2D eigenvalue weighted by atomic mass is 10.1. The Balaban J connectivity index is 1.89. The van der Waals surface area contributed by atoms with Gasteiger partial charge in [0.15, 0.2) is 4.96 Å². The van der Waals surface area contributed by atoms with Crippen molar-refractivity contribution in [1.82, 2.24) is 9.38 Å². The third kappa shape index (κ3) is 3.34. The Morgan fingerprint density at radius 1 is 1.18 bits per heavy atom. The second kappa shape index (κ2) is 7.40. The number of methoxy groups -OCH3 is 1. The number of ether oxygens (including phenoxy) is 1. The molecule has 0 fully saturated rings. The fourth-order valence-electron chi connectivity index (χ4n) is 2.89. The standard InChI is InChI=1S/C20H15F2N3O2S/c1-27-17(26)10-14-11-28-20-24-18(15-4-2-3-5-16(15)22)19(25(14)20)23-13-8-6-12(21)7-9-13/h2-9,11,23H,10H2,1H3. The van der Waals surface area contributed by atoms with Gasteiger partial charge in [-0.25, -0.2) is 13.8 Å². The van der Waals surface area contributed by atoms with E-state index in [4.69, 9.17) is 4.74 Å². The first-order valence-electron chi connectivity index (χ1n) is 8.40. The Labute approximate surface area is 163 Å². The van der Waals surface area contributed by atoms with E-state index in [1.165, 1.54) is 36.6 Å². The molecule has 0 aliphatic carbocycles. The Morgan fingerprint density at radius 3 is 2.64 bits per heavy atom. The van der Waals surface area contributed by atoms with E-state index < -0.39 is 11.8 Å². The SMILES string of the molecule is COC(=O)Cc1csc2nc(-c3ccccc3F)c(Nc3ccc(F)cc3)n12. The van der Waals surface area contributed by atoms with Gasteiger partial charge in [-0.15, -0.1) is 11.3 Å². The van der Waals surface area contributed by atoms with Gasteiger partial charge in [-0.2, -0.15) is 0 Å². The Bertz CT molecular complexity index is 1150. The van der Waals surface area contributed by atoms with E-state index >= 15 is 0 Å². The third-order valence-corrected chi connectivity index (χ3v) is 5.10. The largest absolute Gasteiger partial charge is 0.469 e. The molecule has 4 rings (SSSR count). The van der Waals surface area contributed by atoms with Crippen LogP contribution in [0.25, 0.3) is 16.2 Å². The smallest absolute Gasteiger partial charge is 0.311 e. The molecule has 0 saturated heterocycles. The van der Waals surface area contributed by atoms with Gasteiger partial charge in [0.05, 0.1) is 13.5 Å². The predicted molar refractivity (Wildman–Crippen MR) is 104 cm³/mol. The number of carbonyl (C=O) groups excluding carboxylic acids is 1. The van der Waals surface area contributed by atoms with Crippen molar-refractivity contribution in [2.45, 2.75) is 6.42 Å². The number of nitrogens with zero attached hydrogens (tertiary/aromatic N) is 2. The number of anilines is 2. The zero-order valence-electron chi connectivity index (χ0n) is 14.8. The molecule has 0 spiro atoms. The fourth-order valence-corrected chi connectivity index (χ4v) is 3.77. The van der Waals surface area contributed by atoms with Gasteiger partial charge in [0.1, 0.15) is 23.1 Å². The maximum Gasteiger partial charge on any atom is 0.311 e. The average Bonchev–Trinajstić information content (AvgIpc) is 3.24. The monoisotopic (exact) mass is 399 g/mol. The Morgan fingerprint density at radius 2 is 1.93 bits per heavy atom. The van der Waals surface area contributed by atoms with E-state index in [0.717, 1.165) is 0 Å². The molecular weight excluding hydrogens is 384 g/mol. The highest BCUT2D eigenvalue weighted by Crippen LogP contribution is 2.35. The van der Waals surface area contributed by atoms with Crippen LogP contribution in [0.3, 0.4) is 0 Å². The summed E-state index contributed by atoms with van der Waals surface area (Å²) in [5.74, 6) is -0.675. The van der Waals surface area contributed by atoms with Crippen LogP contribution in [-0.2, 0) is 16.0 Å². The van der Waals surface area contributed by atoms with Crippen molar-refractivity contribution in [3.05, 3.63) is 71.2 Å². The maximum absolute atomic E-state index is 14.4. The molecule has 0 saturated carbocycles. The lowest BCUT2D eigenvalue weighted by molar-refractivity contribution is -0.139. The summed E-state index contributed by atoms with van der Waals surface area (Å²) in [4.78, 5) is 17.0. The number of thiazole rings is 1. The topological polar surface area (TPSA) is 55.6 Å². The number of benzene rings is 2. The minimum atomic E-state index is -0.412. The van der Waals surface area contributed by atoms with Crippen LogP contribution in [0.15, 0.2) is 53.9 Å². The van der Waals surface area contributed by atoms with Crippen LogP contribution < -0.4 is 5.32 Å². The number of esters is 1. The zero-order chi connectivity index (χ0) is 19.7. The minimum absolute atomic E-state index is 0.0433. The summed E-state index contributed by atoms with van der Waals surface area (Å²) in [7, 11) is 1.32. The highest BCUT2D eigenvalue weighted by atomic mass is 32.1. The van der Waals surface area contributed by atoms with E-state index in [2.05, 4.69) is 10.3 Å². The molecule has 5 nitrogen and oxygen atoms in total. The molecule has 28 heavy (non-hydrogen) atoms. The van der Waals surface area contributed by atoms with E-state index in [1.54, 1.807) is 40.1 Å². The molecule has 142 valence electrons. The molecule has 2 heterocycles. The number of carbonyl (C=O) groups is 1. The average molecular weight is 399 g/mol. The van der Waals surface area contributed by atoms with E-state index in [-0.39, 0.29) is 12.2 Å². The lowest BCUT2D eigenvalue weighted by Gasteiger charge is -2.10. The molecular formula is C20H15F2N3O2S. The highest BCUT2D eigenvalue weighted by molar-refractivity contribution is 7.15. The summed E-state index contributed by atoms with van der Waals surface area (Å²) >= 11 is 1.34. The zero-order valence-corrected chi connectivity index (χ0v) is 15.6. The summed E-state index contributed by atoms with van der Waals surface area (Å²) in [6.45, 7) is 0. The second-order valence-corrected chi connectivity index (χ2v) is 6.86. The van der Waals surface area contributed by atoms with Crippen LogP contribution in [0.4, 0.5) is 20.3 Å². The van der Waals surface area contributed by atoms with Gasteiger partial charge in [0.25, 0.3) is 0 Å². The molecule has 8 heteroatoms. The highest BCUT2D eigenvalue weighted by Gasteiger charge is 2.21. The van der Waals surface area contributed by atoms with Gasteiger partial charge < -0.3 is 10.1 Å². The summed E-state index contributed by atoms with van der Waals surface area (Å²) in [6, 6.07) is 12.1. The van der Waals surface area contributed by atoms with Gasteiger partial charge in [-0.3, -0.25) is 9.20 Å². The Hall–Kier alpha value is -3.26. The van der Waals surface area contributed by atoms with Gasteiger partial charge in [-0.1, -0.05) is 12.1 Å². The summed E-state index contributed by atoms with van der Waals surface area (Å²) in [6.07, 6.45) is 0.0433. The van der Waals surface area contributed by atoms with E-state index in [0.29, 0.717) is 33.4 Å². The van der Waals surface area contributed by atoms with Crippen LogP contribution >= 0.6 is 11.3 Å². The van der Waals surface area contributed by atoms with Gasteiger partial charge in [0.2, 0.25) is 0 Å². The van der Waals surface area contributed by atoms with Crippen molar-refractivity contribution < 1.29 is 18.3 Å². The van der Waals surface area contributed by atoms with Crippen molar-refractivity contribution in [3.8, 4) is 11.3 Å². The van der Waals surface area contributed by atoms with Gasteiger partial charge in [0, 0.05) is 22.3 Å². The molecule has 0 radical (unpaired) electrons. The Kier molecular flexibility index (Phi) is 4.79. The van der Waals surface area contributed by atoms with Crippen LogP contribution in [0.2, 0.25) is 0 Å². The predicted octanol–water partition coefficient (Wildman–Crippen LogP) is 4.80. The molecule has 4 aromatic rings. The molecule has 2 aromatic heterocycles. The van der Waals surface area contributed by atoms with Crippen molar-refractivity contribution in [2.24, 2.45) is 0 Å². The molecule has 2 aromatic carbocycles. The first-order chi connectivity index (χ1) is 13.6. The first kappa shape index (κ1) is 18.1. The second-order valence-electron chi connectivity index (χ2n) is 6.02. The van der Waals surface area contributed by atoms with Crippen molar-refractivity contribution >= 4 is 33.8 Å².